The zero-order valence-electron chi connectivity index (χ0n) is 9.11. The van der Waals surface area contributed by atoms with Crippen LogP contribution in [0.3, 0.4) is 0 Å². The lowest BCUT2D eigenvalue weighted by Crippen LogP contribution is -2.48. The fourth-order valence-corrected chi connectivity index (χ4v) is 2.07. The fourth-order valence-electron chi connectivity index (χ4n) is 1.53. The summed E-state index contributed by atoms with van der Waals surface area (Å²) in [6.07, 6.45) is 0. The summed E-state index contributed by atoms with van der Waals surface area (Å²) in [6.45, 7) is 1.84. The molecule has 1 heterocycles. The lowest BCUT2D eigenvalue weighted by molar-refractivity contribution is -0.120. The van der Waals surface area contributed by atoms with Crippen molar-refractivity contribution >= 4 is 46.6 Å². The maximum atomic E-state index is 11.8. The van der Waals surface area contributed by atoms with Gasteiger partial charge in [0.1, 0.15) is 6.04 Å². The van der Waals surface area contributed by atoms with Gasteiger partial charge in [-0.3, -0.25) is 4.79 Å². The molecule has 17 heavy (non-hydrogen) atoms. The third kappa shape index (κ3) is 4.42. The molecule has 0 radical (unpaired) electrons. The van der Waals surface area contributed by atoms with E-state index in [1.165, 1.54) is 0 Å². The predicted octanol–water partition coefficient (Wildman–Crippen LogP) is 1.64. The molecule has 1 aromatic carbocycles. The molecule has 6 heteroatoms. The van der Waals surface area contributed by atoms with Crippen molar-refractivity contribution in [2.45, 2.75) is 6.04 Å². The van der Waals surface area contributed by atoms with Crippen molar-refractivity contribution in [1.82, 2.24) is 5.32 Å². The number of anilines is 1. The molecular weight excluding hydrogens is 354 g/mol. The summed E-state index contributed by atoms with van der Waals surface area (Å²) in [7, 11) is 0. The fraction of sp³-hybridized carbons (Fsp3) is 0.364. The van der Waals surface area contributed by atoms with Gasteiger partial charge in [-0.1, -0.05) is 6.07 Å². The van der Waals surface area contributed by atoms with Crippen LogP contribution >= 0.6 is 35.0 Å². The average Bonchev–Trinajstić information content (AvgIpc) is 2.30. The van der Waals surface area contributed by atoms with Gasteiger partial charge >= 0.3 is 0 Å². The Bertz CT molecular complexity index is 383. The highest BCUT2D eigenvalue weighted by atomic mass is 127. The number of hydrogen-bond acceptors (Lipinski definition) is 3. The third-order valence-corrected chi connectivity index (χ3v) is 3.00. The minimum atomic E-state index is -0.244. The Balaban J connectivity index is 0.00000144. The second kappa shape index (κ2) is 7.15. The number of carbonyl (C=O) groups excluding carboxylic acids is 1. The van der Waals surface area contributed by atoms with E-state index in [1.807, 2.05) is 24.3 Å². The monoisotopic (exact) mass is 368 g/mol. The van der Waals surface area contributed by atoms with Crippen molar-refractivity contribution in [3.63, 3.8) is 0 Å². The van der Waals surface area contributed by atoms with Crippen LogP contribution in [0.1, 0.15) is 0 Å². The number of amides is 1. The third-order valence-electron chi connectivity index (χ3n) is 2.33. The predicted molar refractivity (Wildman–Crippen MR) is 77.6 cm³/mol. The molecule has 2 rings (SSSR count). The molecule has 1 atom stereocenters. The van der Waals surface area contributed by atoms with Gasteiger partial charge in [-0.2, -0.15) is 0 Å². The number of hydrogen-bond donors (Lipinski definition) is 2. The smallest absolute Gasteiger partial charge is 0.243 e. The first-order valence-corrected chi connectivity index (χ1v) is 6.21. The number of morpholine rings is 1. The van der Waals surface area contributed by atoms with Crippen molar-refractivity contribution in [1.29, 1.82) is 0 Å². The molecule has 1 aliphatic rings. The molecule has 0 aromatic heterocycles. The number of halogens is 2. The normalized spacial score (nSPS) is 19.2. The summed E-state index contributed by atoms with van der Waals surface area (Å²) < 4.78 is 6.34. The minimum absolute atomic E-state index is 0. The second-order valence-corrected chi connectivity index (χ2v) is 4.83. The van der Waals surface area contributed by atoms with Gasteiger partial charge in [-0.25, -0.2) is 0 Å². The molecule has 94 valence electrons. The molecule has 1 unspecified atom stereocenters. The van der Waals surface area contributed by atoms with Crippen molar-refractivity contribution in [2.24, 2.45) is 0 Å². The van der Waals surface area contributed by atoms with Crippen molar-refractivity contribution < 1.29 is 9.53 Å². The lowest BCUT2D eigenvalue weighted by atomic mass is 10.2. The van der Waals surface area contributed by atoms with Gasteiger partial charge in [-0.05, 0) is 40.8 Å². The first-order chi connectivity index (χ1) is 7.75. The van der Waals surface area contributed by atoms with Crippen LogP contribution in [0.4, 0.5) is 5.69 Å². The van der Waals surface area contributed by atoms with Crippen LogP contribution in [0.15, 0.2) is 24.3 Å². The highest BCUT2D eigenvalue weighted by Gasteiger charge is 2.20. The highest BCUT2D eigenvalue weighted by Crippen LogP contribution is 2.12. The van der Waals surface area contributed by atoms with E-state index in [-0.39, 0.29) is 24.4 Å². The Morgan fingerprint density at radius 1 is 1.53 bits per heavy atom. The van der Waals surface area contributed by atoms with E-state index in [0.29, 0.717) is 13.2 Å². The Morgan fingerprint density at radius 3 is 3.00 bits per heavy atom. The van der Waals surface area contributed by atoms with Gasteiger partial charge in [0.05, 0.1) is 13.2 Å². The summed E-state index contributed by atoms with van der Waals surface area (Å²) in [5.41, 5.74) is 0.823. The summed E-state index contributed by atoms with van der Waals surface area (Å²) in [5.74, 6) is -0.0401. The Morgan fingerprint density at radius 2 is 2.35 bits per heavy atom. The molecule has 1 aromatic rings. The van der Waals surface area contributed by atoms with Crippen LogP contribution in [-0.2, 0) is 9.53 Å². The molecule has 0 spiro atoms. The summed E-state index contributed by atoms with van der Waals surface area (Å²) in [4.78, 5) is 11.8. The minimum Gasteiger partial charge on any atom is -0.378 e. The lowest BCUT2D eigenvalue weighted by Gasteiger charge is -2.22. The average molecular weight is 369 g/mol. The van der Waals surface area contributed by atoms with Crippen LogP contribution in [0.2, 0.25) is 0 Å². The molecule has 1 aliphatic heterocycles. The van der Waals surface area contributed by atoms with Crippen LogP contribution in [0.25, 0.3) is 0 Å². The van der Waals surface area contributed by atoms with Gasteiger partial charge in [0.25, 0.3) is 0 Å². The molecule has 4 nitrogen and oxygen atoms in total. The standard InChI is InChI=1S/C11H13IN2O2.ClH/c12-8-2-1-3-9(6-8)14-11(15)10-7-16-5-4-13-10;/h1-3,6,10,13H,4-5,7H2,(H,14,15);1H. The van der Waals surface area contributed by atoms with E-state index >= 15 is 0 Å². The molecule has 0 bridgehead atoms. The molecule has 0 aliphatic carbocycles. The highest BCUT2D eigenvalue weighted by molar-refractivity contribution is 14.1. The Hall–Kier alpha value is -0.370. The number of carbonyl (C=O) groups is 1. The van der Waals surface area contributed by atoms with Crippen LogP contribution in [0.5, 0.6) is 0 Å². The van der Waals surface area contributed by atoms with E-state index < -0.39 is 0 Å². The Labute approximate surface area is 120 Å². The zero-order chi connectivity index (χ0) is 11.4. The molecule has 1 amide bonds. The van der Waals surface area contributed by atoms with Crippen molar-refractivity contribution in [2.75, 3.05) is 25.1 Å². The largest absolute Gasteiger partial charge is 0.378 e. The zero-order valence-corrected chi connectivity index (χ0v) is 12.1. The van der Waals surface area contributed by atoms with Gasteiger partial charge in [0.15, 0.2) is 0 Å². The van der Waals surface area contributed by atoms with E-state index in [1.54, 1.807) is 0 Å². The molecular formula is C11H14ClIN2O2. The van der Waals surface area contributed by atoms with Gasteiger partial charge < -0.3 is 15.4 Å². The van der Waals surface area contributed by atoms with Crippen LogP contribution < -0.4 is 10.6 Å². The quantitative estimate of drug-likeness (QED) is 0.781. The van der Waals surface area contributed by atoms with Gasteiger partial charge in [0, 0.05) is 15.8 Å². The second-order valence-electron chi connectivity index (χ2n) is 3.58. The van der Waals surface area contributed by atoms with E-state index in [9.17, 15) is 4.79 Å². The van der Waals surface area contributed by atoms with E-state index in [0.717, 1.165) is 15.8 Å². The maximum Gasteiger partial charge on any atom is 0.243 e. The Kier molecular flexibility index (Phi) is 6.18. The summed E-state index contributed by atoms with van der Waals surface area (Å²) in [6, 6.07) is 7.47. The number of nitrogens with one attached hydrogen (secondary N) is 2. The molecule has 2 N–H and O–H groups in total. The maximum absolute atomic E-state index is 11.8. The number of rotatable bonds is 2. The van der Waals surface area contributed by atoms with Gasteiger partial charge in [0.2, 0.25) is 5.91 Å². The first-order valence-electron chi connectivity index (χ1n) is 5.13. The van der Waals surface area contributed by atoms with E-state index in [2.05, 4.69) is 33.2 Å². The van der Waals surface area contributed by atoms with Crippen LogP contribution in [-0.4, -0.2) is 31.7 Å². The van der Waals surface area contributed by atoms with Crippen molar-refractivity contribution in [3.8, 4) is 0 Å². The number of benzene rings is 1. The SMILES string of the molecule is Cl.O=C(Nc1cccc(I)c1)C1COCCN1. The molecule has 1 fully saturated rings. The van der Waals surface area contributed by atoms with Gasteiger partial charge in [-0.15, -0.1) is 12.4 Å². The van der Waals surface area contributed by atoms with E-state index in [4.69, 9.17) is 4.74 Å². The number of ether oxygens (including phenoxy) is 1. The molecule has 1 saturated heterocycles. The summed E-state index contributed by atoms with van der Waals surface area (Å²) >= 11 is 2.22. The topological polar surface area (TPSA) is 50.4 Å². The van der Waals surface area contributed by atoms with Crippen molar-refractivity contribution in [3.05, 3.63) is 27.8 Å². The summed E-state index contributed by atoms with van der Waals surface area (Å²) in [5, 5.41) is 5.98. The first kappa shape index (κ1) is 14.7. The van der Waals surface area contributed by atoms with Crippen LogP contribution in [0, 0.1) is 3.57 Å². The molecule has 0 saturated carbocycles.